The molecule has 0 radical (unpaired) electrons. The average Bonchev–Trinajstić information content (AvgIpc) is 2.44. The van der Waals surface area contributed by atoms with E-state index >= 15 is 0 Å². The Bertz CT molecular complexity index is 464. The molecule has 0 fully saturated rings. The van der Waals surface area contributed by atoms with Crippen molar-refractivity contribution in [3.05, 3.63) is 65.5 Å². The van der Waals surface area contributed by atoms with Crippen LogP contribution in [0.5, 0.6) is 5.75 Å². The van der Waals surface area contributed by atoms with Crippen LogP contribution in [0.15, 0.2) is 59.9 Å². The minimum absolute atomic E-state index is 0.899. The first-order chi connectivity index (χ1) is 7.74. The summed E-state index contributed by atoms with van der Waals surface area (Å²) in [5, 5.41) is 0. The van der Waals surface area contributed by atoms with Crippen molar-refractivity contribution >= 4 is 0 Å². The molecular formula is C15H16O. The summed E-state index contributed by atoms with van der Waals surface area (Å²) in [6.07, 6.45) is 9.30. The molecule has 1 aromatic carbocycles. The number of allylic oxidation sites excluding steroid dienone is 5. The van der Waals surface area contributed by atoms with Crippen molar-refractivity contribution in [3.63, 3.8) is 0 Å². The highest BCUT2D eigenvalue weighted by atomic mass is 16.5. The standard InChI is InChI=1S/C15H16O/c1-12-5-3-7-14(10-9-12)16-15-8-4-6-13(2)11-15/h4-11H,3H2,1-2H3. The number of rotatable bonds is 2. The van der Waals surface area contributed by atoms with Crippen LogP contribution in [0.3, 0.4) is 0 Å². The lowest BCUT2D eigenvalue weighted by molar-refractivity contribution is 0.442. The zero-order valence-corrected chi connectivity index (χ0v) is 9.73. The van der Waals surface area contributed by atoms with Gasteiger partial charge in [-0.1, -0.05) is 29.9 Å². The quantitative estimate of drug-likeness (QED) is 0.715. The normalized spacial score (nSPS) is 15.1. The Morgan fingerprint density at radius 2 is 1.94 bits per heavy atom. The van der Waals surface area contributed by atoms with Crippen molar-refractivity contribution in [2.75, 3.05) is 0 Å². The third-order valence-electron chi connectivity index (χ3n) is 2.49. The summed E-state index contributed by atoms with van der Waals surface area (Å²) < 4.78 is 5.81. The van der Waals surface area contributed by atoms with Gasteiger partial charge in [-0.25, -0.2) is 0 Å². The molecule has 1 aliphatic rings. The van der Waals surface area contributed by atoms with E-state index in [0.29, 0.717) is 0 Å². The minimum atomic E-state index is 0.899. The fourth-order valence-corrected chi connectivity index (χ4v) is 1.60. The van der Waals surface area contributed by atoms with Crippen molar-refractivity contribution in [1.82, 2.24) is 0 Å². The summed E-state index contributed by atoms with van der Waals surface area (Å²) >= 11 is 0. The zero-order chi connectivity index (χ0) is 11.4. The first kappa shape index (κ1) is 10.7. The lowest BCUT2D eigenvalue weighted by Gasteiger charge is -2.06. The van der Waals surface area contributed by atoms with Gasteiger partial charge in [0.2, 0.25) is 0 Å². The van der Waals surface area contributed by atoms with E-state index in [2.05, 4.69) is 38.1 Å². The lowest BCUT2D eigenvalue weighted by Crippen LogP contribution is -1.92. The van der Waals surface area contributed by atoms with Crippen LogP contribution in [0.4, 0.5) is 0 Å². The van der Waals surface area contributed by atoms with E-state index in [1.165, 1.54) is 11.1 Å². The van der Waals surface area contributed by atoms with E-state index in [1.54, 1.807) is 0 Å². The Kier molecular flexibility index (Phi) is 3.25. The molecule has 0 bridgehead atoms. The highest BCUT2D eigenvalue weighted by molar-refractivity contribution is 5.33. The van der Waals surface area contributed by atoms with E-state index in [1.807, 2.05) is 24.3 Å². The number of benzene rings is 1. The van der Waals surface area contributed by atoms with Gasteiger partial charge in [-0.05, 0) is 50.1 Å². The lowest BCUT2D eigenvalue weighted by atomic mass is 10.2. The van der Waals surface area contributed by atoms with Gasteiger partial charge >= 0.3 is 0 Å². The molecule has 1 heteroatoms. The molecular weight excluding hydrogens is 196 g/mol. The predicted octanol–water partition coefficient (Wildman–Crippen LogP) is 4.16. The second-order valence-corrected chi connectivity index (χ2v) is 4.04. The first-order valence-electron chi connectivity index (χ1n) is 5.53. The average molecular weight is 212 g/mol. The summed E-state index contributed by atoms with van der Waals surface area (Å²) in [7, 11) is 0. The van der Waals surface area contributed by atoms with E-state index in [9.17, 15) is 0 Å². The van der Waals surface area contributed by atoms with Crippen LogP contribution in [0.25, 0.3) is 0 Å². The maximum absolute atomic E-state index is 5.81. The van der Waals surface area contributed by atoms with Crippen molar-refractivity contribution in [2.24, 2.45) is 0 Å². The monoisotopic (exact) mass is 212 g/mol. The molecule has 0 atom stereocenters. The molecule has 0 heterocycles. The third kappa shape index (κ3) is 2.86. The van der Waals surface area contributed by atoms with Gasteiger partial charge in [0.15, 0.2) is 0 Å². The molecule has 0 spiro atoms. The Labute approximate surface area is 96.8 Å². The molecule has 2 rings (SSSR count). The number of hydrogen-bond acceptors (Lipinski definition) is 1. The Hall–Kier alpha value is -1.76. The van der Waals surface area contributed by atoms with Crippen LogP contribution in [0.2, 0.25) is 0 Å². The molecule has 16 heavy (non-hydrogen) atoms. The van der Waals surface area contributed by atoms with Crippen LogP contribution in [-0.2, 0) is 0 Å². The predicted molar refractivity (Wildman–Crippen MR) is 67.4 cm³/mol. The molecule has 0 saturated heterocycles. The van der Waals surface area contributed by atoms with Crippen LogP contribution < -0.4 is 4.74 Å². The van der Waals surface area contributed by atoms with Crippen LogP contribution >= 0.6 is 0 Å². The largest absolute Gasteiger partial charge is 0.458 e. The van der Waals surface area contributed by atoms with Crippen LogP contribution in [-0.4, -0.2) is 0 Å². The number of aryl methyl sites for hydroxylation is 1. The summed E-state index contributed by atoms with van der Waals surface area (Å²) in [6, 6.07) is 8.09. The number of ether oxygens (including phenoxy) is 1. The van der Waals surface area contributed by atoms with Gasteiger partial charge in [0, 0.05) is 0 Å². The molecule has 0 unspecified atom stereocenters. The van der Waals surface area contributed by atoms with Crippen molar-refractivity contribution in [2.45, 2.75) is 20.3 Å². The topological polar surface area (TPSA) is 9.23 Å². The van der Waals surface area contributed by atoms with Gasteiger partial charge in [-0.2, -0.15) is 0 Å². The van der Waals surface area contributed by atoms with E-state index in [4.69, 9.17) is 4.74 Å². The molecule has 0 aromatic heterocycles. The maximum atomic E-state index is 5.81. The fourth-order valence-electron chi connectivity index (χ4n) is 1.60. The number of hydrogen-bond donors (Lipinski definition) is 0. The second kappa shape index (κ2) is 4.84. The van der Waals surface area contributed by atoms with Gasteiger partial charge in [0.25, 0.3) is 0 Å². The molecule has 0 amide bonds. The Morgan fingerprint density at radius 3 is 2.75 bits per heavy atom. The molecule has 0 N–H and O–H groups in total. The molecule has 1 nitrogen and oxygen atoms in total. The molecule has 0 saturated carbocycles. The summed E-state index contributed by atoms with van der Waals surface area (Å²) in [5.74, 6) is 1.81. The van der Waals surface area contributed by atoms with Crippen molar-refractivity contribution in [3.8, 4) is 5.75 Å². The van der Waals surface area contributed by atoms with Gasteiger partial charge < -0.3 is 4.74 Å². The maximum Gasteiger partial charge on any atom is 0.127 e. The van der Waals surface area contributed by atoms with E-state index < -0.39 is 0 Å². The van der Waals surface area contributed by atoms with Crippen molar-refractivity contribution in [1.29, 1.82) is 0 Å². The van der Waals surface area contributed by atoms with Gasteiger partial charge in [-0.15, -0.1) is 0 Å². The highest BCUT2D eigenvalue weighted by Crippen LogP contribution is 2.18. The molecule has 82 valence electrons. The fraction of sp³-hybridized carbons (Fsp3) is 0.200. The van der Waals surface area contributed by atoms with E-state index in [0.717, 1.165) is 17.9 Å². The third-order valence-corrected chi connectivity index (χ3v) is 2.49. The highest BCUT2D eigenvalue weighted by Gasteiger charge is 1.99. The van der Waals surface area contributed by atoms with Gasteiger partial charge in [0.05, 0.1) is 0 Å². The van der Waals surface area contributed by atoms with Crippen molar-refractivity contribution < 1.29 is 4.74 Å². The SMILES string of the molecule is CC1=CCC=C(Oc2cccc(C)c2)C=C1. The molecule has 1 aromatic rings. The molecule has 0 aliphatic heterocycles. The Morgan fingerprint density at radius 1 is 1.06 bits per heavy atom. The summed E-state index contributed by atoms with van der Waals surface area (Å²) in [5.41, 5.74) is 2.49. The summed E-state index contributed by atoms with van der Waals surface area (Å²) in [4.78, 5) is 0. The smallest absolute Gasteiger partial charge is 0.127 e. The second-order valence-electron chi connectivity index (χ2n) is 4.04. The minimum Gasteiger partial charge on any atom is -0.458 e. The van der Waals surface area contributed by atoms with Gasteiger partial charge in [0.1, 0.15) is 11.5 Å². The zero-order valence-electron chi connectivity index (χ0n) is 9.73. The van der Waals surface area contributed by atoms with Crippen LogP contribution in [0, 0.1) is 6.92 Å². The molecule has 1 aliphatic carbocycles. The van der Waals surface area contributed by atoms with Crippen LogP contribution in [0.1, 0.15) is 18.9 Å². The first-order valence-corrected chi connectivity index (χ1v) is 5.53. The van der Waals surface area contributed by atoms with E-state index in [-0.39, 0.29) is 0 Å². The Balaban J connectivity index is 2.11. The van der Waals surface area contributed by atoms with Gasteiger partial charge in [-0.3, -0.25) is 0 Å². The summed E-state index contributed by atoms with van der Waals surface area (Å²) in [6.45, 7) is 4.16.